The molecule has 1 aliphatic heterocycles. The van der Waals surface area contributed by atoms with Gasteiger partial charge in [-0.25, -0.2) is 0 Å². The summed E-state index contributed by atoms with van der Waals surface area (Å²) < 4.78 is 10.4. The zero-order valence-corrected chi connectivity index (χ0v) is 9.05. The third kappa shape index (κ3) is 3.15. The SMILES string of the molecule is CCC1CC(O)C(OC(C)=O)C(CO)O1. The molecule has 15 heavy (non-hydrogen) atoms. The fourth-order valence-corrected chi connectivity index (χ4v) is 1.79. The van der Waals surface area contributed by atoms with Gasteiger partial charge in [-0.15, -0.1) is 0 Å². The van der Waals surface area contributed by atoms with Crippen LogP contribution >= 0.6 is 0 Å². The van der Waals surface area contributed by atoms with Gasteiger partial charge in [0.1, 0.15) is 6.10 Å². The van der Waals surface area contributed by atoms with Crippen molar-refractivity contribution >= 4 is 5.97 Å². The van der Waals surface area contributed by atoms with Gasteiger partial charge in [0.2, 0.25) is 0 Å². The first-order valence-corrected chi connectivity index (χ1v) is 5.20. The van der Waals surface area contributed by atoms with Gasteiger partial charge in [0.05, 0.1) is 18.8 Å². The van der Waals surface area contributed by atoms with Crippen LogP contribution in [0.15, 0.2) is 0 Å². The Kier molecular flexibility index (Phi) is 4.50. The van der Waals surface area contributed by atoms with E-state index in [1.807, 2.05) is 6.92 Å². The van der Waals surface area contributed by atoms with Crippen molar-refractivity contribution in [3.8, 4) is 0 Å². The van der Waals surface area contributed by atoms with Crippen molar-refractivity contribution in [2.45, 2.75) is 51.1 Å². The lowest BCUT2D eigenvalue weighted by molar-refractivity contribution is -0.202. The molecule has 5 nitrogen and oxygen atoms in total. The van der Waals surface area contributed by atoms with Crippen LogP contribution in [0, 0.1) is 0 Å². The molecule has 88 valence electrons. The highest BCUT2D eigenvalue weighted by Gasteiger charge is 2.39. The highest BCUT2D eigenvalue weighted by atomic mass is 16.6. The maximum Gasteiger partial charge on any atom is 0.303 e. The molecule has 1 heterocycles. The standard InChI is InChI=1S/C10H18O5/c1-3-7-4-8(13)10(14-6(2)12)9(5-11)15-7/h7-11,13H,3-5H2,1-2H3. The van der Waals surface area contributed by atoms with Crippen molar-refractivity contribution in [3.63, 3.8) is 0 Å². The topological polar surface area (TPSA) is 76.0 Å². The Morgan fingerprint density at radius 3 is 2.73 bits per heavy atom. The predicted octanol–water partition coefficient (Wildman–Crippen LogP) is -0.161. The second-order valence-electron chi connectivity index (χ2n) is 3.76. The monoisotopic (exact) mass is 218 g/mol. The summed E-state index contributed by atoms with van der Waals surface area (Å²) in [6.07, 6.45) is -1.02. The number of aliphatic hydroxyl groups excluding tert-OH is 2. The number of hydrogen-bond acceptors (Lipinski definition) is 5. The van der Waals surface area contributed by atoms with Crippen molar-refractivity contribution in [1.29, 1.82) is 0 Å². The summed E-state index contributed by atoms with van der Waals surface area (Å²) in [5.74, 6) is -0.476. The van der Waals surface area contributed by atoms with E-state index in [1.165, 1.54) is 6.92 Å². The van der Waals surface area contributed by atoms with Crippen molar-refractivity contribution in [1.82, 2.24) is 0 Å². The summed E-state index contributed by atoms with van der Waals surface area (Å²) in [4.78, 5) is 10.8. The summed E-state index contributed by atoms with van der Waals surface area (Å²) in [6.45, 7) is 2.95. The average molecular weight is 218 g/mol. The molecule has 0 radical (unpaired) electrons. The van der Waals surface area contributed by atoms with Gasteiger partial charge in [-0.1, -0.05) is 6.92 Å². The van der Waals surface area contributed by atoms with Gasteiger partial charge >= 0.3 is 5.97 Å². The third-order valence-corrected chi connectivity index (χ3v) is 2.55. The first-order chi connectivity index (χ1) is 7.08. The molecule has 0 aliphatic carbocycles. The molecule has 1 rings (SSSR count). The Morgan fingerprint density at radius 1 is 1.60 bits per heavy atom. The molecule has 0 amide bonds. The number of aliphatic hydroxyl groups is 2. The predicted molar refractivity (Wildman–Crippen MR) is 52.2 cm³/mol. The van der Waals surface area contributed by atoms with E-state index in [2.05, 4.69) is 0 Å². The van der Waals surface area contributed by atoms with Crippen LogP contribution in [0.5, 0.6) is 0 Å². The van der Waals surface area contributed by atoms with E-state index in [1.54, 1.807) is 0 Å². The van der Waals surface area contributed by atoms with Crippen LogP contribution in [0.3, 0.4) is 0 Å². The molecule has 1 aliphatic rings. The highest BCUT2D eigenvalue weighted by Crippen LogP contribution is 2.24. The molecule has 0 aromatic rings. The Morgan fingerprint density at radius 2 is 2.27 bits per heavy atom. The van der Waals surface area contributed by atoms with Gasteiger partial charge in [-0.3, -0.25) is 4.79 Å². The zero-order valence-electron chi connectivity index (χ0n) is 9.05. The summed E-state index contributed by atoms with van der Waals surface area (Å²) >= 11 is 0. The molecular formula is C10H18O5. The molecule has 4 unspecified atom stereocenters. The maximum absolute atomic E-state index is 10.8. The summed E-state index contributed by atoms with van der Waals surface area (Å²) in [5.41, 5.74) is 0. The van der Waals surface area contributed by atoms with E-state index in [-0.39, 0.29) is 12.7 Å². The fourth-order valence-electron chi connectivity index (χ4n) is 1.79. The molecule has 0 bridgehead atoms. The second kappa shape index (κ2) is 5.44. The quantitative estimate of drug-likeness (QED) is 0.644. The van der Waals surface area contributed by atoms with Gasteiger partial charge in [0.25, 0.3) is 0 Å². The van der Waals surface area contributed by atoms with Gasteiger partial charge in [-0.05, 0) is 6.42 Å². The maximum atomic E-state index is 10.8. The molecule has 0 aromatic heterocycles. The minimum absolute atomic E-state index is 0.0797. The van der Waals surface area contributed by atoms with Gasteiger partial charge < -0.3 is 19.7 Å². The van der Waals surface area contributed by atoms with Crippen LogP contribution in [0.2, 0.25) is 0 Å². The molecule has 0 spiro atoms. The molecule has 0 aromatic carbocycles. The Balaban J connectivity index is 2.64. The van der Waals surface area contributed by atoms with E-state index in [9.17, 15) is 9.90 Å². The van der Waals surface area contributed by atoms with Gasteiger partial charge in [-0.2, -0.15) is 0 Å². The minimum Gasteiger partial charge on any atom is -0.457 e. The summed E-state index contributed by atoms with van der Waals surface area (Å²) in [6, 6.07) is 0. The molecule has 0 saturated carbocycles. The van der Waals surface area contributed by atoms with Gasteiger partial charge in [0.15, 0.2) is 6.10 Å². The molecule has 1 fully saturated rings. The minimum atomic E-state index is -0.759. The molecule has 5 heteroatoms. The summed E-state index contributed by atoms with van der Waals surface area (Å²) in [5, 5.41) is 18.8. The third-order valence-electron chi connectivity index (χ3n) is 2.55. The lowest BCUT2D eigenvalue weighted by atomic mass is 9.97. The average Bonchev–Trinajstić information content (AvgIpc) is 2.20. The Labute approximate surface area is 89.0 Å². The number of ether oxygens (including phenoxy) is 2. The van der Waals surface area contributed by atoms with Crippen LogP contribution < -0.4 is 0 Å². The first-order valence-electron chi connectivity index (χ1n) is 5.20. The van der Waals surface area contributed by atoms with E-state index in [4.69, 9.17) is 14.6 Å². The van der Waals surface area contributed by atoms with Gasteiger partial charge in [0, 0.05) is 13.3 Å². The number of hydrogen-bond donors (Lipinski definition) is 2. The number of carbonyl (C=O) groups is 1. The van der Waals surface area contributed by atoms with E-state index < -0.39 is 24.3 Å². The zero-order chi connectivity index (χ0) is 11.4. The van der Waals surface area contributed by atoms with Crippen LogP contribution in [-0.4, -0.2) is 47.2 Å². The highest BCUT2D eigenvalue weighted by molar-refractivity contribution is 5.66. The Hall–Kier alpha value is -0.650. The molecule has 2 N–H and O–H groups in total. The molecule has 1 saturated heterocycles. The van der Waals surface area contributed by atoms with Crippen molar-refractivity contribution < 1.29 is 24.5 Å². The van der Waals surface area contributed by atoms with Crippen LogP contribution in [0.25, 0.3) is 0 Å². The van der Waals surface area contributed by atoms with E-state index in [0.717, 1.165) is 6.42 Å². The fraction of sp³-hybridized carbons (Fsp3) is 0.900. The number of esters is 1. The van der Waals surface area contributed by atoms with E-state index in [0.29, 0.717) is 6.42 Å². The van der Waals surface area contributed by atoms with Crippen molar-refractivity contribution in [2.75, 3.05) is 6.61 Å². The van der Waals surface area contributed by atoms with E-state index >= 15 is 0 Å². The number of rotatable bonds is 3. The first kappa shape index (κ1) is 12.4. The largest absolute Gasteiger partial charge is 0.457 e. The van der Waals surface area contributed by atoms with Crippen LogP contribution in [-0.2, 0) is 14.3 Å². The van der Waals surface area contributed by atoms with Crippen molar-refractivity contribution in [2.24, 2.45) is 0 Å². The van der Waals surface area contributed by atoms with Crippen molar-refractivity contribution in [3.05, 3.63) is 0 Å². The summed E-state index contributed by atoms with van der Waals surface area (Å²) in [7, 11) is 0. The molecule has 4 atom stereocenters. The van der Waals surface area contributed by atoms with Crippen LogP contribution in [0.1, 0.15) is 26.7 Å². The Bertz CT molecular complexity index is 218. The molecular weight excluding hydrogens is 200 g/mol. The normalized spacial score (nSPS) is 36.3. The van der Waals surface area contributed by atoms with Crippen LogP contribution in [0.4, 0.5) is 0 Å². The number of carbonyl (C=O) groups excluding carboxylic acids is 1. The lowest BCUT2D eigenvalue weighted by Crippen LogP contribution is -2.51. The smallest absolute Gasteiger partial charge is 0.303 e. The lowest BCUT2D eigenvalue weighted by Gasteiger charge is -2.38. The second-order valence-corrected chi connectivity index (χ2v) is 3.76.